The van der Waals surface area contributed by atoms with Crippen molar-refractivity contribution in [1.82, 2.24) is 0 Å². The smallest absolute Gasteiger partial charge is 0.331 e. The third-order valence-corrected chi connectivity index (χ3v) is 19.5. The summed E-state index contributed by atoms with van der Waals surface area (Å²) in [6.45, 7) is 23.8. The molecule has 0 heterocycles. The Balaban J connectivity index is 0.00000298. The van der Waals surface area contributed by atoms with Gasteiger partial charge in [0, 0.05) is 11.6 Å². The fourth-order valence-electron chi connectivity index (χ4n) is 4.70. The molecule has 0 spiro atoms. The van der Waals surface area contributed by atoms with Crippen LogP contribution in [0.4, 0.5) is 0 Å². The zero-order chi connectivity index (χ0) is 26.9. The van der Waals surface area contributed by atoms with Crippen molar-refractivity contribution in [1.29, 1.82) is 0 Å². The number of rotatable bonds is 10. The van der Waals surface area contributed by atoms with Crippen molar-refractivity contribution in [3.05, 3.63) is 42.0 Å². The molecule has 3 atom stereocenters. The summed E-state index contributed by atoms with van der Waals surface area (Å²) in [6, 6.07) is 9.81. The summed E-state index contributed by atoms with van der Waals surface area (Å²) in [5.41, 5.74) is 1.27. The summed E-state index contributed by atoms with van der Waals surface area (Å²) in [6.07, 6.45) is 7.01. The van der Waals surface area contributed by atoms with Gasteiger partial charge in [0.2, 0.25) is 0 Å². The first kappa shape index (κ1) is 32.2. The Morgan fingerprint density at radius 3 is 1.94 bits per heavy atom. The Kier molecular flexibility index (Phi) is 12.6. The normalized spacial score (nSPS) is 21.1. The first-order valence-electron chi connectivity index (χ1n) is 13.1. The molecule has 1 fully saturated rings. The highest BCUT2D eigenvalue weighted by atomic mass is 28.5. The van der Waals surface area contributed by atoms with Crippen molar-refractivity contribution in [2.45, 2.75) is 110 Å². The molecular weight excluding hydrogens is 505 g/mol. The molecule has 0 amide bonds. The number of hydrogen-bond acceptors (Lipinski definition) is 5. The van der Waals surface area contributed by atoms with Gasteiger partial charge in [-0.3, -0.25) is 0 Å². The van der Waals surface area contributed by atoms with Crippen LogP contribution in [0.5, 0.6) is 0 Å². The van der Waals surface area contributed by atoms with E-state index in [0.29, 0.717) is 0 Å². The lowest BCUT2D eigenvalue weighted by atomic mass is 9.97. The van der Waals surface area contributed by atoms with Gasteiger partial charge in [-0.05, 0) is 96.2 Å². The van der Waals surface area contributed by atoms with E-state index >= 15 is 0 Å². The summed E-state index contributed by atoms with van der Waals surface area (Å²) < 4.78 is 26.2. The molecule has 0 saturated heterocycles. The van der Waals surface area contributed by atoms with Crippen LogP contribution in [0.3, 0.4) is 0 Å². The monoisotopic (exact) mass is 554 g/mol. The summed E-state index contributed by atoms with van der Waals surface area (Å²) >= 11 is 0. The van der Waals surface area contributed by atoms with E-state index in [0.717, 1.165) is 31.2 Å². The Bertz CT molecular complexity index is 802. The molecular formula is C26H50O5Si4. The summed E-state index contributed by atoms with van der Waals surface area (Å²) in [5, 5.41) is 0. The molecule has 1 aromatic carbocycles. The topological polar surface area (TPSA) is 54.0 Å². The lowest BCUT2D eigenvalue weighted by Gasteiger charge is -2.46. The number of ether oxygens (including phenoxy) is 1. The minimum atomic E-state index is -2.57. The molecule has 5 nitrogen and oxygen atoms in total. The van der Waals surface area contributed by atoms with E-state index in [1.54, 1.807) is 6.08 Å². The quantitative estimate of drug-likeness (QED) is 0.166. The van der Waals surface area contributed by atoms with Gasteiger partial charge >= 0.3 is 23.1 Å². The molecule has 0 bridgehead atoms. The lowest BCUT2D eigenvalue weighted by molar-refractivity contribution is -0.144. The average Bonchev–Trinajstić information content (AvgIpc) is 2.71. The van der Waals surface area contributed by atoms with E-state index in [2.05, 4.69) is 58.9 Å². The van der Waals surface area contributed by atoms with Gasteiger partial charge in [0.15, 0.2) is 16.6 Å². The van der Waals surface area contributed by atoms with Crippen LogP contribution in [0.25, 0.3) is 6.08 Å². The first-order chi connectivity index (χ1) is 16.1. The second-order valence-corrected chi connectivity index (χ2v) is 28.2. The highest BCUT2D eigenvalue weighted by Crippen LogP contribution is 2.42. The molecule has 1 saturated carbocycles. The Hall–Kier alpha value is -0.822. The average molecular weight is 555 g/mol. The second-order valence-electron chi connectivity index (χ2n) is 11.6. The Labute approximate surface area is 219 Å². The molecule has 1 aromatic rings. The van der Waals surface area contributed by atoms with Crippen LogP contribution in [-0.4, -0.2) is 45.8 Å². The van der Waals surface area contributed by atoms with Crippen LogP contribution >= 0.6 is 0 Å². The molecule has 3 unspecified atom stereocenters. The minimum absolute atomic E-state index is 0.0972. The summed E-state index contributed by atoms with van der Waals surface area (Å²) in [4.78, 5) is 12.5. The molecule has 2 rings (SSSR count). The summed E-state index contributed by atoms with van der Waals surface area (Å²) in [7, 11) is -8.51. The summed E-state index contributed by atoms with van der Waals surface area (Å²) in [5.74, 6) is -0.281. The van der Waals surface area contributed by atoms with Crippen molar-refractivity contribution in [2.24, 2.45) is 0 Å². The Morgan fingerprint density at radius 2 is 1.40 bits per heavy atom. The van der Waals surface area contributed by atoms with Crippen LogP contribution in [-0.2, 0) is 21.9 Å². The van der Waals surface area contributed by atoms with E-state index in [1.165, 1.54) is 6.08 Å². The first-order valence-corrected chi connectivity index (χ1v) is 25.1. The minimum Gasteiger partial charge on any atom is -0.459 e. The van der Waals surface area contributed by atoms with E-state index in [9.17, 15) is 4.79 Å². The standard InChI is InChI=1S/C24H44O5Si4.C2H6/c1-30(2,3)27-32(7,8)29-33(9,28-31(4,5)6)23-17-13-16-22(20-23)26-24(25)19-18-21-14-11-10-12-15-21;1-2/h10-12,14-15,18-19,22-23H,13,16-17,20H2,1-9H3;1-2H3/b19-18+;. The van der Waals surface area contributed by atoms with Gasteiger partial charge in [0.25, 0.3) is 0 Å². The van der Waals surface area contributed by atoms with Gasteiger partial charge in [0.1, 0.15) is 6.10 Å². The van der Waals surface area contributed by atoms with Crippen LogP contribution < -0.4 is 0 Å². The number of carbonyl (C=O) groups is 1. The van der Waals surface area contributed by atoms with Crippen LogP contribution in [0.2, 0.25) is 64.5 Å². The molecule has 0 aliphatic heterocycles. The maximum absolute atomic E-state index is 12.5. The zero-order valence-corrected chi connectivity index (χ0v) is 28.1. The second kappa shape index (κ2) is 13.6. The molecule has 0 radical (unpaired) electrons. The molecule has 0 aromatic heterocycles. The molecule has 1 aliphatic rings. The predicted octanol–water partition coefficient (Wildman–Crippen LogP) is 8.08. The largest absolute Gasteiger partial charge is 0.459 e. The van der Waals surface area contributed by atoms with Crippen molar-refractivity contribution in [3.8, 4) is 0 Å². The van der Waals surface area contributed by atoms with Crippen LogP contribution in [0.15, 0.2) is 36.4 Å². The number of benzene rings is 1. The highest BCUT2D eigenvalue weighted by Gasteiger charge is 2.50. The maximum atomic E-state index is 12.5. The number of esters is 1. The molecule has 35 heavy (non-hydrogen) atoms. The molecule has 1 aliphatic carbocycles. The highest BCUT2D eigenvalue weighted by molar-refractivity contribution is 6.89. The van der Waals surface area contributed by atoms with E-state index in [4.69, 9.17) is 17.1 Å². The van der Waals surface area contributed by atoms with Gasteiger partial charge in [-0.1, -0.05) is 44.2 Å². The molecule has 200 valence electrons. The van der Waals surface area contributed by atoms with Gasteiger partial charge in [0.05, 0.1) is 0 Å². The van der Waals surface area contributed by atoms with Crippen molar-refractivity contribution < 1.29 is 21.9 Å². The van der Waals surface area contributed by atoms with E-state index in [1.807, 2.05) is 44.2 Å². The fraction of sp³-hybridized carbons (Fsp3) is 0.654. The van der Waals surface area contributed by atoms with Gasteiger partial charge in [-0.15, -0.1) is 0 Å². The van der Waals surface area contributed by atoms with Gasteiger partial charge < -0.3 is 17.1 Å². The molecule has 9 heteroatoms. The third kappa shape index (κ3) is 12.8. The van der Waals surface area contributed by atoms with Crippen LogP contribution in [0, 0.1) is 0 Å². The number of hydrogen-bond donors (Lipinski definition) is 0. The predicted molar refractivity (Wildman–Crippen MR) is 158 cm³/mol. The van der Waals surface area contributed by atoms with Crippen molar-refractivity contribution in [2.75, 3.05) is 0 Å². The van der Waals surface area contributed by atoms with Crippen molar-refractivity contribution >= 4 is 45.8 Å². The van der Waals surface area contributed by atoms with E-state index in [-0.39, 0.29) is 17.6 Å². The fourth-order valence-corrected chi connectivity index (χ4v) is 23.2. The SMILES string of the molecule is CC.C[Si](C)(C)O[Si](C)(C)O[Si](C)(O[Si](C)(C)C)C1CCCC(OC(=O)/C=C/c2ccccc2)C1. The Morgan fingerprint density at radius 1 is 0.829 bits per heavy atom. The molecule has 0 N–H and O–H groups in total. The maximum Gasteiger partial charge on any atom is 0.331 e. The number of carbonyl (C=O) groups excluding carboxylic acids is 1. The van der Waals surface area contributed by atoms with E-state index < -0.39 is 33.8 Å². The zero-order valence-electron chi connectivity index (χ0n) is 24.1. The van der Waals surface area contributed by atoms with Gasteiger partial charge in [-0.2, -0.15) is 0 Å². The van der Waals surface area contributed by atoms with Gasteiger partial charge in [-0.25, -0.2) is 4.79 Å². The lowest BCUT2D eigenvalue weighted by Crippen LogP contribution is -2.59. The van der Waals surface area contributed by atoms with Crippen molar-refractivity contribution in [3.63, 3.8) is 0 Å². The van der Waals surface area contributed by atoms with Crippen LogP contribution in [0.1, 0.15) is 45.1 Å². The third-order valence-electron chi connectivity index (χ3n) is 5.37.